The van der Waals surface area contributed by atoms with Crippen molar-refractivity contribution < 1.29 is 9.47 Å². The molecule has 0 aliphatic carbocycles. The number of ether oxygens (including phenoxy) is 2. The number of halogens is 2. The summed E-state index contributed by atoms with van der Waals surface area (Å²) in [6.45, 7) is 3.91. The van der Waals surface area contributed by atoms with Crippen molar-refractivity contribution in [3.05, 3.63) is 45.3 Å². The quantitative estimate of drug-likeness (QED) is 0.701. The smallest absolute Gasteiger partial charge is 0.154 e. The second-order valence-electron chi connectivity index (χ2n) is 4.51. The Bertz CT molecular complexity index is 615. The molecular formula is C15H15Br2NO2. The first-order valence-electron chi connectivity index (χ1n) is 6.15. The summed E-state index contributed by atoms with van der Waals surface area (Å²) in [5, 5.41) is 0. The molecule has 0 saturated carbocycles. The molecule has 0 aliphatic heterocycles. The molecule has 0 fully saturated rings. The first kappa shape index (κ1) is 15.2. The molecule has 2 aromatic carbocycles. The third kappa shape index (κ3) is 3.67. The first-order chi connectivity index (χ1) is 9.47. The Hall–Kier alpha value is -1.20. The third-order valence-corrected chi connectivity index (χ3v) is 3.62. The number of hydrogen-bond acceptors (Lipinski definition) is 3. The van der Waals surface area contributed by atoms with Gasteiger partial charge in [0.15, 0.2) is 5.75 Å². The zero-order valence-electron chi connectivity index (χ0n) is 11.2. The molecule has 3 nitrogen and oxygen atoms in total. The van der Waals surface area contributed by atoms with Gasteiger partial charge in [-0.1, -0.05) is 22.0 Å². The minimum Gasteiger partial charge on any atom is -0.489 e. The molecule has 0 heterocycles. The highest BCUT2D eigenvalue weighted by Crippen LogP contribution is 2.38. The minimum absolute atomic E-state index is 0.0620. The highest BCUT2D eigenvalue weighted by atomic mass is 79.9. The number of nitrogens with two attached hydrogens (primary N) is 1. The van der Waals surface area contributed by atoms with Crippen molar-refractivity contribution in [2.24, 2.45) is 0 Å². The van der Waals surface area contributed by atoms with E-state index >= 15 is 0 Å². The number of nitrogen functional groups attached to an aromatic ring is 1. The number of benzene rings is 2. The zero-order chi connectivity index (χ0) is 14.7. The van der Waals surface area contributed by atoms with Gasteiger partial charge in [-0.2, -0.15) is 0 Å². The number of para-hydroxylation sites is 1. The summed E-state index contributed by atoms with van der Waals surface area (Å²) in [5.74, 6) is 1.90. The lowest BCUT2D eigenvalue weighted by molar-refractivity contribution is 0.243. The summed E-state index contributed by atoms with van der Waals surface area (Å²) in [7, 11) is 0. The van der Waals surface area contributed by atoms with E-state index in [1.54, 1.807) is 0 Å². The molecule has 0 aliphatic rings. The number of hydrogen-bond donors (Lipinski definition) is 1. The molecule has 0 bridgehead atoms. The average molecular weight is 401 g/mol. The van der Waals surface area contributed by atoms with Crippen molar-refractivity contribution in [1.29, 1.82) is 0 Å². The van der Waals surface area contributed by atoms with Gasteiger partial charge >= 0.3 is 0 Å². The summed E-state index contributed by atoms with van der Waals surface area (Å²) in [6, 6.07) is 11.2. The zero-order valence-corrected chi connectivity index (χ0v) is 14.4. The largest absolute Gasteiger partial charge is 0.489 e. The van der Waals surface area contributed by atoms with Crippen molar-refractivity contribution in [2.75, 3.05) is 5.73 Å². The van der Waals surface area contributed by atoms with Crippen molar-refractivity contribution in [1.82, 2.24) is 0 Å². The van der Waals surface area contributed by atoms with Gasteiger partial charge in [-0.3, -0.25) is 0 Å². The van der Waals surface area contributed by atoms with Gasteiger partial charge in [0.05, 0.1) is 10.6 Å². The van der Waals surface area contributed by atoms with Gasteiger partial charge in [0.25, 0.3) is 0 Å². The lowest BCUT2D eigenvalue weighted by atomic mass is 10.2. The van der Waals surface area contributed by atoms with Gasteiger partial charge in [-0.25, -0.2) is 0 Å². The highest BCUT2D eigenvalue weighted by molar-refractivity contribution is 9.11. The normalized spacial score (nSPS) is 10.7. The molecule has 5 heteroatoms. The molecule has 106 valence electrons. The highest BCUT2D eigenvalue weighted by Gasteiger charge is 2.11. The molecule has 0 saturated heterocycles. The van der Waals surface area contributed by atoms with Crippen molar-refractivity contribution in [2.45, 2.75) is 20.0 Å². The molecule has 2 N–H and O–H groups in total. The van der Waals surface area contributed by atoms with Crippen LogP contribution in [-0.2, 0) is 0 Å². The van der Waals surface area contributed by atoms with Crippen LogP contribution in [0.25, 0.3) is 0 Å². The van der Waals surface area contributed by atoms with Crippen LogP contribution >= 0.6 is 31.9 Å². The van der Waals surface area contributed by atoms with E-state index in [1.165, 1.54) is 0 Å². The van der Waals surface area contributed by atoms with Crippen LogP contribution in [0.3, 0.4) is 0 Å². The topological polar surface area (TPSA) is 44.5 Å². The van der Waals surface area contributed by atoms with Crippen molar-refractivity contribution in [3.8, 4) is 17.2 Å². The Balaban J connectivity index is 2.29. The minimum atomic E-state index is 0.0620. The second-order valence-corrected chi connectivity index (χ2v) is 6.28. The molecule has 0 aromatic heterocycles. The SMILES string of the molecule is CC(C)Oc1cccc(Oc2ccc(Br)cc2Br)c1N. The van der Waals surface area contributed by atoms with Crippen molar-refractivity contribution in [3.63, 3.8) is 0 Å². The molecule has 0 radical (unpaired) electrons. The Kier molecular flexibility index (Phi) is 4.94. The maximum atomic E-state index is 6.08. The number of anilines is 1. The molecule has 2 rings (SSSR count). The Labute approximate surface area is 135 Å². The van der Waals surface area contributed by atoms with Crippen molar-refractivity contribution >= 4 is 37.5 Å². The molecule has 0 amide bonds. The molecular weight excluding hydrogens is 386 g/mol. The van der Waals surface area contributed by atoms with Gasteiger partial charge in [-0.15, -0.1) is 0 Å². The van der Waals surface area contributed by atoms with Gasteiger partial charge in [0.2, 0.25) is 0 Å². The second kappa shape index (κ2) is 6.50. The maximum absolute atomic E-state index is 6.08. The summed E-state index contributed by atoms with van der Waals surface area (Å²) in [6.07, 6.45) is 0.0620. The average Bonchev–Trinajstić information content (AvgIpc) is 2.36. The summed E-state index contributed by atoms with van der Waals surface area (Å²) in [5.41, 5.74) is 6.58. The molecule has 0 spiro atoms. The molecule has 0 atom stereocenters. The van der Waals surface area contributed by atoms with E-state index in [0.717, 1.165) is 8.95 Å². The summed E-state index contributed by atoms with van der Waals surface area (Å²) >= 11 is 6.87. The van der Waals surface area contributed by atoms with E-state index in [9.17, 15) is 0 Å². The van der Waals surface area contributed by atoms with Crippen LogP contribution < -0.4 is 15.2 Å². The van der Waals surface area contributed by atoms with E-state index in [2.05, 4.69) is 31.9 Å². The van der Waals surface area contributed by atoms with Gasteiger partial charge in [-0.05, 0) is 60.1 Å². The van der Waals surface area contributed by atoms with Crippen LogP contribution in [0.15, 0.2) is 45.3 Å². The van der Waals surface area contributed by atoms with Gasteiger partial charge < -0.3 is 15.2 Å². The fraction of sp³-hybridized carbons (Fsp3) is 0.200. The van der Waals surface area contributed by atoms with E-state index in [4.69, 9.17) is 15.2 Å². The summed E-state index contributed by atoms with van der Waals surface area (Å²) in [4.78, 5) is 0. The fourth-order valence-electron chi connectivity index (χ4n) is 1.65. The van der Waals surface area contributed by atoms with Crippen LogP contribution in [0.5, 0.6) is 17.2 Å². The lowest BCUT2D eigenvalue weighted by Gasteiger charge is -2.15. The van der Waals surface area contributed by atoms with E-state index in [0.29, 0.717) is 22.9 Å². The predicted molar refractivity (Wildman–Crippen MR) is 88.5 cm³/mol. The summed E-state index contributed by atoms with van der Waals surface area (Å²) < 4.78 is 13.3. The Morgan fingerprint density at radius 1 is 1.00 bits per heavy atom. The number of rotatable bonds is 4. The van der Waals surface area contributed by atoms with E-state index < -0.39 is 0 Å². The maximum Gasteiger partial charge on any atom is 0.154 e. The molecule has 0 unspecified atom stereocenters. The van der Waals surface area contributed by atoms with Crippen LogP contribution in [-0.4, -0.2) is 6.10 Å². The van der Waals surface area contributed by atoms with Crippen LogP contribution in [0, 0.1) is 0 Å². The molecule has 2 aromatic rings. The fourth-order valence-corrected chi connectivity index (χ4v) is 2.77. The van der Waals surface area contributed by atoms with E-state index in [-0.39, 0.29) is 6.10 Å². The Morgan fingerprint density at radius 3 is 2.35 bits per heavy atom. The van der Waals surface area contributed by atoms with Crippen LogP contribution in [0.4, 0.5) is 5.69 Å². The first-order valence-corrected chi connectivity index (χ1v) is 7.74. The van der Waals surface area contributed by atoms with E-state index in [1.807, 2.05) is 50.2 Å². The monoisotopic (exact) mass is 399 g/mol. The van der Waals surface area contributed by atoms with Crippen LogP contribution in [0.1, 0.15) is 13.8 Å². The molecule has 20 heavy (non-hydrogen) atoms. The van der Waals surface area contributed by atoms with Crippen LogP contribution in [0.2, 0.25) is 0 Å². The Morgan fingerprint density at radius 2 is 1.70 bits per heavy atom. The van der Waals surface area contributed by atoms with Gasteiger partial charge in [0.1, 0.15) is 17.2 Å². The predicted octanol–water partition coefficient (Wildman–Crippen LogP) is 5.37. The lowest BCUT2D eigenvalue weighted by Crippen LogP contribution is -2.07. The van der Waals surface area contributed by atoms with Gasteiger partial charge in [0, 0.05) is 4.47 Å². The third-order valence-electron chi connectivity index (χ3n) is 2.50. The standard InChI is InChI=1S/C15H15Br2NO2/c1-9(2)19-13-4-3-5-14(15(13)18)20-12-7-6-10(16)8-11(12)17/h3-9H,18H2,1-2H3.